The molecule has 0 heterocycles. The molecule has 0 spiro atoms. The Morgan fingerprint density at radius 3 is 2.05 bits per heavy atom. The Kier molecular flexibility index (Phi) is 4.35. The third-order valence-electron chi connectivity index (χ3n) is 2.58. The van der Waals surface area contributed by atoms with Crippen LogP contribution in [0.25, 0.3) is 12.2 Å². The van der Waals surface area contributed by atoms with E-state index in [2.05, 4.69) is 0 Å². The molecule has 19 heavy (non-hydrogen) atoms. The largest absolute Gasteiger partial charge is 0.298 e. The van der Waals surface area contributed by atoms with Crippen LogP contribution >= 0.6 is 23.2 Å². The Morgan fingerprint density at radius 1 is 0.842 bits per heavy atom. The van der Waals surface area contributed by atoms with Crippen LogP contribution in [-0.2, 0) is 0 Å². The normalized spacial score (nSPS) is 10.9. The Hall–Kier alpha value is -1.64. The van der Waals surface area contributed by atoms with Gasteiger partial charge in [-0.25, -0.2) is 4.39 Å². The zero-order valence-corrected chi connectivity index (χ0v) is 11.3. The van der Waals surface area contributed by atoms with Crippen molar-refractivity contribution in [3.63, 3.8) is 0 Å². The summed E-state index contributed by atoms with van der Waals surface area (Å²) < 4.78 is 13.6. The number of rotatable bonds is 3. The number of hydrogen-bond acceptors (Lipinski definition) is 1. The summed E-state index contributed by atoms with van der Waals surface area (Å²) in [5.74, 6) is -0.412. The molecule has 96 valence electrons. The lowest BCUT2D eigenvalue weighted by atomic mass is 10.1. The zero-order chi connectivity index (χ0) is 13.8. The van der Waals surface area contributed by atoms with Gasteiger partial charge in [-0.3, -0.25) is 4.79 Å². The van der Waals surface area contributed by atoms with Gasteiger partial charge in [-0.15, -0.1) is 0 Å². The molecule has 0 aliphatic carbocycles. The summed E-state index contributed by atoms with van der Waals surface area (Å²) in [6.45, 7) is 0. The van der Waals surface area contributed by atoms with Crippen LogP contribution < -0.4 is 0 Å². The molecule has 0 radical (unpaired) electrons. The van der Waals surface area contributed by atoms with Gasteiger partial charge in [-0.2, -0.15) is 0 Å². The first-order valence-corrected chi connectivity index (χ1v) is 6.23. The maximum atomic E-state index is 13.6. The van der Waals surface area contributed by atoms with E-state index < -0.39 is 5.82 Å². The van der Waals surface area contributed by atoms with E-state index in [1.165, 1.54) is 6.07 Å². The van der Waals surface area contributed by atoms with Crippen molar-refractivity contribution in [1.82, 2.24) is 0 Å². The van der Waals surface area contributed by atoms with E-state index in [-0.39, 0.29) is 0 Å². The van der Waals surface area contributed by atoms with Crippen molar-refractivity contribution < 1.29 is 9.18 Å². The maximum Gasteiger partial charge on any atom is 0.150 e. The zero-order valence-electron chi connectivity index (χ0n) is 9.74. The van der Waals surface area contributed by atoms with Crippen molar-refractivity contribution in [3.8, 4) is 0 Å². The minimum absolute atomic E-state index is 0.342. The molecule has 0 N–H and O–H groups in total. The lowest BCUT2D eigenvalue weighted by Crippen LogP contribution is -1.86. The predicted molar refractivity (Wildman–Crippen MR) is 77.2 cm³/mol. The van der Waals surface area contributed by atoms with Gasteiger partial charge < -0.3 is 0 Å². The first-order chi connectivity index (χ1) is 9.10. The van der Waals surface area contributed by atoms with Crippen molar-refractivity contribution in [2.75, 3.05) is 0 Å². The predicted octanol–water partition coefficient (Wildman–Crippen LogP) is 5.12. The summed E-state index contributed by atoms with van der Waals surface area (Å²) in [5, 5.41) is 0.826. The fourth-order valence-corrected chi connectivity index (χ4v) is 1.96. The van der Waals surface area contributed by atoms with Crippen LogP contribution in [-0.4, -0.2) is 6.29 Å². The quantitative estimate of drug-likeness (QED) is 0.567. The molecule has 0 aliphatic heterocycles. The first kappa shape index (κ1) is 13.8. The molecule has 4 heteroatoms. The van der Waals surface area contributed by atoms with Gasteiger partial charge in [0.2, 0.25) is 0 Å². The lowest BCUT2D eigenvalue weighted by Gasteiger charge is -2.01. The van der Waals surface area contributed by atoms with Gasteiger partial charge in [0.25, 0.3) is 0 Å². The van der Waals surface area contributed by atoms with Gasteiger partial charge in [0, 0.05) is 21.2 Å². The highest BCUT2D eigenvalue weighted by Gasteiger charge is 2.02. The Morgan fingerprint density at radius 2 is 1.42 bits per heavy atom. The maximum absolute atomic E-state index is 13.6. The average molecular weight is 295 g/mol. The summed E-state index contributed by atoms with van der Waals surface area (Å²) in [6.07, 6.45) is 3.96. The van der Waals surface area contributed by atoms with Crippen LogP contribution in [0.15, 0.2) is 36.4 Å². The SMILES string of the molecule is O=Cc1cc(Cl)ccc1C=Cc1ccc(Cl)cc1F. The van der Waals surface area contributed by atoms with E-state index in [1.807, 2.05) is 0 Å². The monoisotopic (exact) mass is 294 g/mol. The number of benzene rings is 2. The highest BCUT2D eigenvalue weighted by atomic mass is 35.5. The summed E-state index contributed by atoms with van der Waals surface area (Å²) in [7, 11) is 0. The summed E-state index contributed by atoms with van der Waals surface area (Å²) >= 11 is 11.5. The van der Waals surface area contributed by atoms with E-state index >= 15 is 0 Å². The van der Waals surface area contributed by atoms with E-state index in [4.69, 9.17) is 23.2 Å². The molecule has 2 rings (SSSR count). The Labute approximate surface area is 120 Å². The average Bonchev–Trinajstić information content (AvgIpc) is 2.39. The van der Waals surface area contributed by atoms with E-state index in [0.717, 1.165) is 0 Å². The minimum Gasteiger partial charge on any atom is -0.298 e. The number of aldehydes is 1. The molecule has 0 unspecified atom stereocenters. The molecule has 0 bridgehead atoms. The second-order valence-electron chi connectivity index (χ2n) is 3.89. The molecule has 0 aromatic heterocycles. The molecule has 0 atom stereocenters. The van der Waals surface area contributed by atoms with Crippen LogP contribution in [0.4, 0.5) is 4.39 Å². The number of hydrogen-bond donors (Lipinski definition) is 0. The van der Waals surface area contributed by atoms with Crippen LogP contribution in [0.5, 0.6) is 0 Å². The van der Waals surface area contributed by atoms with E-state index in [9.17, 15) is 9.18 Å². The van der Waals surface area contributed by atoms with Gasteiger partial charge in [0.1, 0.15) is 5.82 Å². The molecular formula is C15H9Cl2FO. The van der Waals surface area contributed by atoms with Crippen molar-refractivity contribution in [2.24, 2.45) is 0 Å². The topological polar surface area (TPSA) is 17.1 Å². The van der Waals surface area contributed by atoms with Crippen LogP contribution in [0.2, 0.25) is 10.0 Å². The fourth-order valence-electron chi connectivity index (χ4n) is 1.62. The second kappa shape index (κ2) is 6.00. The first-order valence-electron chi connectivity index (χ1n) is 5.48. The van der Waals surface area contributed by atoms with Crippen LogP contribution in [0.3, 0.4) is 0 Å². The molecule has 0 amide bonds. The fraction of sp³-hybridized carbons (Fsp3) is 0. The second-order valence-corrected chi connectivity index (χ2v) is 4.76. The number of halogens is 3. The molecule has 0 aliphatic rings. The summed E-state index contributed by atoms with van der Waals surface area (Å²) in [6, 6.07) is 9.36. The summed E-state index contributed by atoms with van der Waals surface area (Å²) in [4.78, 5) is 10.9. The molecule has 0 fully saturated rings. The standard InChI is InChI=1S/C15H9Cl2FO/c16-13-5-3-10(12(7-13)9-19)1-2-11-4-6-14(17)8-15(11)18/h1-9H. The Bertz CT molecular complexity index is 651. The Balaban J connectivity index is 2.35. The highest BCUT2D eigenvalue weighted by molar-refractivity contribution is 6.31. The van der Waals surface area contributed by atoms with Crippen molar-refractivity contribution >= 4 is 41.6 Å². The van der Waals surface area contributed by atoms with Crippen LogP contribution in [0.1, 0.15) is 21.5 Å². The van der Waals surface area contributed by atoms with E-state index in [0.29, 0.717) is 33.0 Å². The van der Waals surface area contributed by atoms with Crippen molar-refractivity contribution in [2.45, 2.75) is 0 Å². The minimum atomic E-state index is -0.412. The molecule has 2 aromatic carbocycles. The lowest BCUT2D eigenvalue weighted by molar-refractivity contribution is 0.112. The highest BCUT2D eigenvalue weighted by Crippen LogP contribution is 2.19. The van der Waals surface area contributed by atoms with Gasteiger partial charge in [0.15, 0.2) is 6.29 Å². The number of carbonyl (C=O) groups is 1. The molecular weight excluding hydrogens is 286 g/mol. The smallest absolute Gasteiger partial charge is 0.150 e. The van der Waals surface area contributed by atoms with Gasteiger partial charge in [-0.05, 0) is 29.8 Å². The van der Waals surface area contributed by atoms with Gasteiger partial charge in [-0.1, -0.05) is 47.5 Å². The molecule has 0 saturated carbocycles. The van der Waals surface area contributed by atoms with Gasteiger partial charge in [0.05, 0.1) is 0 Å². The van der Waals surface area contributed by atoms with E-state index in [1.54, 1.807) is 42.5 Å². The third kappa shape index (κ3) is 3.43. The van der Waals surface area contributed by atoms with Gasteiger partial charge >= 0.3 is 0 Å². The van der Waals surface area contributed by atoms with Crippen molar-refractivity contribution in [3.05, 3.63) is 69.0 Å². The van der Waals surface area contributed by atoms with Crippen LogP contribution in [0, 0.1) is 5.82 Å². The summed E-state index contributed by atoms with van der Waals surface area (Å²) in [5.41, 5.74) is 1.53. The van der Waals surface area contributed by atoms with Crippen molar-refractivity contribution in [1.29, 1.82) is 0 Å². The molecule has 0 saturated heterocycles. The third-order valence-corrected chi connectivity index (χ3v) is 3.05. The molecule has 2 aromatic rings. The number of carbonyl (C=O) groups excluding carboxylic acids is 1. The molecule has 1 nitrogen and oxygen atoms in total.